The fourth-order valence-corrected chi connectivity index (χ4v) is 2.62. The number of carbonyl (C=O) groups excluding carboxylic acids is 2. The standard InChI is InChI=1S/C20H25N3O3/c1-4-11-23(12-5-2)19(24)18-10-9-17(14-21-18)22-16-8-6-7-15(13-16)20(25)26-3/h6-10,13-14,22H,4-5,11-12H2,1-3H3. The minimum absolute atomic E-state index is 0.0482. The number of hydrogen-bond donors (Lipinski definition) is 1. The third kappa shape index (κ3) is 5.05. The zero-order chi connectivity index (χ0) is 18.9. The number of nitrogens with one attached hydrogen (secondary N) is 1. The summed E-state index contributed by atoms with van der Waals surface area (Å²) in [5.74, 6) is -0.437. The lowest BCUT2D eigenvalue weighted by molar-refractivity contribution is 0.0600. The highest BCUT2D eigenvalue weighted by atomic mass is 16.5. The van der Waals surface area contributed by atoms with Crippen molar-refractivity contribution in [3.63, 3.8) is 0 Å². The van der Waals surface area contributed by atoms with Crippen molar-refractivity contribution in [2.45, 2.75) is 26.7 Å². The molecule has 0 atom stereocenters. The quantitative estimate of drug-likeness (QED) is 0.728. The van der Waals surface area contributed by atoms with Crippen LogP contribution in [0.25, 0.3) is 0 Å². The predicted octanol–water partition coefficient (Wildman–Crippen LogP) is 3.87. The molecule has 1 heterocycles. The second-order valence-corrected chi connectivity index (χ2v) is 5.92. The molecule has 0 spiro atoms. The summed E-state index contributed by atoms with van der Waals surface area (Å²) in [4.78, 5) is 30.3. The molecule has 0 bridgehead atoms. The molecule has 1 aromatic carbocycles. The normalized spacial score (nSPS) is 10.3. The van der Waals surface area contributed by atoms with Crippen LogP contribution in [0.1, 0.15) is 47.5 Å². The third-order valence-electron chi connectivity index (χ3n) is 3.83. The molecule has 0 aliphatic rings. The average molecular weight is 355 g/mol. The van der Waals surface area contributed by atoms with Gasteiger partial charge in [0.25, 0.3) is 5.91 Å². The minimum Gasteiger partial charge on any atom is -0.465 e. The molecule has 0 unspecified atom stereocenters. The van der Waals surface area contributed by atoms with Gasteiger partial charge in [0, 0.05) is 18.8 Å². The fourth-order valence-electron chi connectivity index (χ4n) is 2.62. The van der Waals surface area contributed by atoms with Crippen molar-refractivity contribution < 1.29 is 14.3 Å². The first-order chi connectivity index (χ1) is 12.6. The molecular formula is C20H25N3O3. The number of amides is 1. The van der Waals surface area contributed by atoms with Crippen molar-refractivity contribution in [1.82, 2.24) is 9.88 Å². The first-order valence-electron chi connectivity index (χ1n) is 8.79. The number of anilines is 2. The van der Waals surface area contributed by atoms with Crippen molar-refractivity contribution in [3.8, 4) is 0 Å². The Morgan fingerprint density at radius 1 is 1.08 bits per heavy atom. The van der Waals surface area contributed by atoms with Gasteiger partial charge in [-0.2, -0.15) is 0 Å². The lowest BCUT2D eigenvalue weighted by atomic mass is 10.2. The van der Waals surface area contributed by atoms with Gasteiger partial charge in [0.05, 0.1) is 24.6 Å². The highest BCUT2D eigenvalue weighted by Gasteiger charge is 2.15. The van der Waals surface area contributed by atoms with Crippen LogP contribution in [0.5, 0.6) is 0 Å². The molecular weight excluding hydrogens is 330 g/mol. The van der Waals surface area contributed by atoms with Crippen LogP contribution in [0.4, 0.5) is 11.4 Å². The molecule has 0 aliphatic heterocycles. The number of esters is 1. The van der Waals surface area contributed by atoms with Gasteiger partial charge in [-0.05, 0) is 43.2 Å². The summed E-state index contributed by atoms with van der Waals surface area (Å²) < 4.78 is 4.72. The van der Waals surface area contributed by atoms with Gasteiger partial charge in [0.1, 0.15) is 5.69 Å². The average Bonchev–Trinajstić information content (AvgIpc) is 2.67. The first kappa shape index (κ1) is 19.4. The van der Waals surface area contributed by atoms with Crippen LogP contribution in [0.15, 0.2) is 42.6 Å². The second-order valence-electron chi connectivity index (χ2n) is 5.92. The van der Waals surface area contributed by atoms with E-state index in [1.807, 2.05) is 11.0 Å². The van der Waals surface area contributed by atoms with Gasteiger partial charge >= 0.3 is 5.97 Å². The Morgan fingerprint density at radius 3 is 2.38 bits per heavy atom. The molecule has 6 nitrogen and oxygen atoms in total. The molecule has 2 rings (SSSR count). The topological polar surface area (TPSA) is 71.5 Å². The van der Waals surface area contributed by atoms with Gasteiger partial charge in [-0.25, -0.2) is 9.78 Å². The summed E-state index contributed by atoms with van der Waals surface area (Å²) in [6.45, 7) is 5.57. The summed E-state index contributed by atoms with van der Waals surface area (Å²) in [6, 6.07) is 10.5. The Morgan fingerprint density at radius 2 is 1.81 bits per heavy atom. The van der Waals surface area contributed by atoms with Crippen LogP contribution in [-0.4, -0.2) is 42.0 Å². The van der Waals surface area contributed by atoms with E-state index in [1.165, 1.54) is 7.11 Å². The van der Waals surface area contributed by atoms with Gasteiger partial charge in [-0.1, -0.05) is 19.9 Å². The van der Waals surface area contributed by atoms with E-state index in [2.05, 4.69) is 24.1 Å². The number of nitrogens with zero attached hydrogens (tertiary/aromatic N) is 2. The Balaban J connectivity index is 2.10. The number of methoxy groups -OCH3 is 1. The summed E-state index contributed by atoms with van der Waals surface area (Å²) in [7, 11) is 1.35. The predicted molar refractivity (Wildman–Crippen MR) is 102 cm³/mol. The summed E-state index contributed by atoms with van der Waals surface area (Å²) in [5, 5.41) is 3.17. The van der Waals surface area contributed by atoms with Gasteiger partial charge in [0.15, 0.2) is 0 Å². The Bertz CT molecular complexity index is 738. The van der Waals surface area contributed by atoms with Gasteiger partial charge in [0.2, 0.25) is 0 Å². The monoisotopic (exact) mass is 355 g/mol. The summed E-state index contributed by atoms with van der Waals surface area (Å²) in [6.07, 6.45) is 3.46. The van der Waals surface area contributed by atoms with E-state index in [0.29, 0.717) is 11.3 Å². The van der Waals surface area contributed by atoms with E-state index in [-0.39, 0.29) is 11.9 Å². The molecule has 6 heteroatoms. The number of pyridine rings is 1. The van der Waals surface area contributed by atoms with Crippen LogP contribution in [0, 0.1) is 0 Å². The largest absolute Gasteiger partial charge is 0.465 e. The Hall–Kier alpha value is -2.89. The highest BCUT2D eigenvalue weighted by molar-refractivity contribution is 5.93. The van der Waals surface area contributed by atoms with Gasteiger partial charge in [-0.15, -0.1) is 0 Å². The minimum atomic E-state index is -0.389. The van der Waals surface area contributed by atoms with E-state index in [9.17, 15) is 9.59 Å². The SMILES string of the molecule is CCCN(CCC)C(=O)c1ccc(Nc2cccc(C(=O)OC)c2)cn1. The molecule has 0 fully saturated rings. The van der Waals surface area contributed by atoms with Crippen LogP contribution in [-0.2, 0) is 4.74 Å². The van der Waals surface area contributed by atoms with Crippen LogP contribution in [0.3, 0.4) is 0 Å². The Kier molecular flexibility index (Phi) is 7.14. The van der Waals surface area contributed by atoms with E-state index in [0.717, 1.165) is 37.3 Å². The zero-order valence-corrected chi connectivity index (χ0v) is 15.5. The van der Waals surface area contributed by atoms with Gasteiger partial charge < -0.3 is 15.0 Å². The van der Waals surface area contributed by atoms with Crippen molar-refractivity contribution >= 4 is 23.3 Å². The van der Waals surface area contributed by atoms with Crippen LogP contribution < -0.4 is 5.32 Å². The molecule has 138 valence electrons. The fraction of sp³-hybridized carbons (Fsp3) is 0.350. The number of carbonyl (C=O) groups is 2. The van der Waals surface area contributed by atoms with Crippen LogP contribution >= 0.6 is 0 Å². The number of hydrogen-bond acceptors (Lipinski definition) is 5. The van der Waals surface area contributed by atoms with E-state index in [1.54, 1.807) is 36.5 Å². The number of benzene rings is 1. The smallest absolute Gasteiger partial charge is 0.337 e. The van der Waals surface area contributed by atoms with E-state index < -0.39 is 0 Å². The third-order valence-corrected chi connectivity index (χ3v) is 3.83. The lowest BCUT2D eigenvalue weighted by Crippen LogP contribution is -2.33. The molecule has 0 radical (unpaired) electrons. The maximum absolute atomic E-state index is 12.5. The van der Waals surface area contributed by atoms with Crippen molar-refractivity contribution in [1.29, 1.82) is 0 Å². The number of ether oxygens (including phenoxy) is 1. The van der Waals surface area contributed by atoms with Crippen molar-refractivity contribution in [2.75, 3.05) is 25.5 Å². The molecule has 0 saturated heterocycles. The van der Waals surface area contributed by atoms with E-state index in [4.69, 9.17) is 4.74 Å². The first-order valence-corrected chi connectivity index (χ1v) is 8.79. The molecule has 0 saturated carbocycles. The van der Waals surface area contributed by atoms with Crippen molar-refractivity contribution in [2.24, 2.45) is 0 Å². The maximum atomic E-state index is 12.5. The lowest BCUT2D eigenvalue weighted by Gasteiger charge is -2.21. The van der Waals surface area contributed by atoms with E-state index >= 15 is 0 Å². The molecule has 0 aliphatic carbocycles. The number of aromatic nitrogens is 1. The van der Waals surface area contributed by atoms with Crippen molar-refractivity contribution in [3.05, 3.63) is 53.9 Å². The highest BCUT2D eigenvalue weighted by Crippen LogP contribution is 2.18. The summed E-state index contributed by atoms with van der Waals surface area (Å²) in [5.41, 5.74) is 2.38. The molecule has 2 aromatic rings. The molecule has 1 amide bonds. The van der Waals surface area contributed by atoms with Gasteiger partial charge in [-0.3, -0.25) is 4.79 Å². The van der Waals surface area contributed by atoms with Crippen LogP contribution in [0.2, 0.25) is 0 Å². The maximum Gasteiger partial charge on any atom is 0.337 e. The second kappa shape index (κ2) is 9.56. The zero-order valence-electron chi connectivity index (χ0n) is 15.5. The summed E-state index contributed by atoms with van der Waals surface area (Å²) >= 11 is 0. The molecule has 1 N–H and O–H groups in total. The Labute approximate surface area is 154 Å². The number of rotatable bonds is 8. The molecule has 26 heavy (non-hydrogen) atoms. The molecule has 1 aromatic heterocycles.